The van der Waals surface area contributed by atoms with Crippen LogP contribution in [0.3, 0.4) is 0 Å². The van der Waals surface area contributed by atoms with Gasteiger partial charge in [-0.1, -0.05) is 418 Å². The van der Waals surface area contributed by atoms with Gasteiger partial charge >= 0.3 is 5.97 Å². The Hall–Kier alpha value is -1.14. The number of carbonyl (C=O) groups excluding carboxylic acids is 2. The van der Waals surface area contributed by atoms with Gasteiger partial charge in [0.05, 0.1) is 25.4 Å². The summed E-state index contributed by atoms with van der Waals surface area (Å²) in [5.41, 5.74) is 0. The molecule has 0 saturated heterocycles. The van der Waals surface area contributed by atoms with Crippen LogP contribution in [0.5, 0.6) is 0 Å². The Morgan fingerprint density at radius 2 is 0.494 bits per heavy atom. The molecule has 0 aliphatic rings. The van der Waals surface area contributed by atoms with Crippen molar-refractivity contribution in [1.29, 1.82) is 0 Å². The highest BCUT2D eigenvalue weighted by Gasteiger charge is 2.20. The van der Waals surface area contributed by atoms with Gasteiger partial charge in [-0.2, -0.15) is 0 Å². The SMILES string of the molecule is CCCCCCCCCCCCCCCCCCCCCCCCCCCC(O)C(CO)NC(=O)CCCCCCCCCCCCCCCCCCCCCCCCCCOC(=O)CCCCCCCCCCCCCCCCCCC. The van der Waals surface area contributed by atoms with Gasteiger partial charge < -0.3 is 20.3 Å². The van der Waals surface area contributed by atoms with Gasteiger partial charge in [0, 0.05) is 12.8 Å². The average Bonchev–Trinajstić information content (AvgIpc) is 3.49. The summed E-state index contributed by atoms with van der Waals surface area (Å²) in [6.07, 6.45) is 90.3. The highest BCUT2D eigenvalue weighted by Crippen LogP contribution is 2.20. The maximum Gasteiger partial charge on any atom is 0.305 e. The van der Waals surface area contributed by atoms with E-state index in [1.807, 2.05) is 0 Å². The fourth-order valence-electron chi connectivity index (χ4n) is 12.8. The Morgan fingerprint density at radius 1 is 0.289 bits per heavy atom. The molecular weight excluding hydrogens is 1020 g/mol. The lowest BCUT2D eigenvalue weighted by Crippen LogP contribution is -2.45. The highest BCUT2D eigenvalue weighted by atomic mass is 16.5. The zero-order valence-corrected chi connectivity index (χ0v) is 57.0. The predicted octanol–water partition coefficient (Wildman–Crippen LogP) is 25.3. The third-order valence-corrected chi connectivity index (χ3v) is 18.7. The first-order chi connectivity index (χ1) is 41.0. The summed E-state index contributed by atoms with van der Waals surface area (Å²) in [7, 11) is 0. The smallest absolute Gasteiger partial charge is 0.305 e. The molecule has 0 heterocycles. The number of aliphatic hydroxyl groups is 2. The number of rotatable bonds is 74. The monoisotopic (exact) mass is 1170 g/mol. The molecule has 0 fully saturated rings. The second kappa shape index (κ2) is 73.3. The van der Waals surface area contributed by atoms with Crippen molar-refractivity contribution in [2.75, 3.05) is 13.2 Å². The summed E-state index contributed by atoms with van der Waals surface area (Å²) in [4.78, 5) is 24.7. The Bertz CT molecular complexity index is 1210. The standard InChI is InChI=1S/C77H153NO5/c1-3-5-7-9-11-13-15-17-19-21-22-23-24-25-28-31-34-38-41-45-49-53-57-61-65-69-75(80)74(73-79)78-76(81)70-66-62-58-54-50-46-42-39-35-32-29-26-27-30-33-36-40-44-48-52-56-60-64-68-72-83-77(82)71-67-63-59-55-51-47-43-37-20-18-16-14-12-10-8-6-4-2/h74-75,79-80H,3-73H2,1-2H3,(H,78,81). The van der Waals surface area contributed by atoms with Crippen molar-refractivity contribution in [3.63, 3.8) is 0 Å². The van der Waals surface area contributed by atoms with E-state index in [-0.39, 0.29) is 18.5 Å². The Labute approximate surface area is 521 Å². The van der Waals surface area contributed by atoms with E-state index in [2.05, 4.69) is 19.2 Å². The normalized spacial score (nSPS) is 12.4. The van der Waals surface area contributed by atoms with Gasteiger partial charge in [0.25, 0.3) is 0 Å². The summed E-state index contributed by atoms with van der Waals surface area (Å²) in [5.74, 6) is -0.00585. The quantitative estimate of drug-likeness (QED) is 0.0417. The number of hydrogen-bond donors (Lipinski definition) is 3. The van der Waals surface area contributed by atoms with Crippen LogP contribution in [-0.4, -0.2) is 47.4 Å². The van der Waals surface area contributed by atoms with Crippen molar-refractivity contribution in [2.45, 2.75) is 469 Å². The number of amides is 1. The van der Waals surface area contributed by atoms with Crippen molar-refractivity contribution < 1.29 is 24.5 Å². The van der Waals surface area contributed by atoms with Crippen LogP contribution in [0.4, 0.5) is 0 Å². The molecular formula is C77H153NO5. The molecule has 496 valence electrons. The zero-order valence-electron chi connectivity index (χ0n) is 57.0. The van der Waals surface area contributed by atoms with Crippen molar-refractivity contribution in [2.24, 2.45) is 0 Å². The van der Waals surface area contributed by atoms with E-state index in [0.717, 1.165) is 38.5 Å². The first kappa shape index (κ1) is 81.9. The Balaban J connectivity index is 3.35. The van der Waals surface area contributed by atoms with E-state index >= 15 is 0 Å². The molecule has 0 aromatic heterocycles. The van der Waals surface area contributed by atoms with Crippen molar-refractivity contribution >= 4 is 11.9 Å². The van der Waals surface area contributed by atoms with E-state index in [1.165, 1.54) is 385 Å². The van der Waals surface area contributed by atoms with E-state index in [0.29, 0.717) is 25.9 Å². The van der Waals surface area contributed by atoms with Crippen LogP contribution in [0.2, 0.25) is 0 Å². The molecule has 0 radical (unpaired) electrons. The van der Waals surface area contributed by atoms with Crippen LogP contribution in [0, 0.1) is 0 Å². The molecule has 0 aromatic rings. The van der Waals surface area contributed by atoms with Gasteiger partial charge in [0.15, 0.2) is 0 Å². The fraction of sp³-hybridized carbons (Fsp3) is 0.974. The third kappa shape index (κ3) is 69.8. The minimum Gasteiger partial charge on any atom is -0.466 e. The molecule has 6 nitrogen and oxygen atoms in total. The number of esters is 1. The predicted molar refractivity (Wildman–Crippen MR) is 366 cm³/mol. The largest absolute Gasteiger partial charge is 0.466 e. The number of unbranched alkanes of at least 4 members (excludes halogenated alkanes) is 63. The van der Waals surface area contributed by atoms with Gasteiger partial charge in [-0.3, -0.25) is 9.59 Å². The molecule has 2 unspecified atom stereocenters. The van der Waals surface area contributed by atoms with Crippen molar-refractivity contribution in [3.8, 4) is 0 Å². The van der Waals surface area contributed by atoms with Crippen LogP contribution in [0.1, 0.15) is 457 Å². The van der Waals surface area contributed by atoms with E-state index in [1.54, 1.807) is 0 Å². The summed E-state index contributed by atoms with van der Waals surface area (Å²) in [6, 6.07) is -0.541. The fourth-order valence-corrected chi connectivity index (χ4v) is 12.8. The Morgan fingerprint density at radius 3 is 0.735 bits per heavy atom. The summed E-state index contributed by atoms with van der Waals surface area (Å²) < 4.78 is 5.51. The molecule has 0 aromatic carbocycles. The number of hydrogen-bond acceptors (Lipinski definition) is 5. The van der Waals surface area contributed by atoms with Gasteiger partial charge in [0.1, 0.15) is 0 Å². The number of nitrogens with one attached hydrogen (secondary N) is 1. The first-order valence-corrected chi connectivity index (χ1v) is 38.8. The summed E-state index contributed by atoms with van der Waals surface area (Å²) in [6.45, 7) is 5.02. The molecule has 0 rings (SSSR count). The molecule has 0 aliphatic carbocycles. The topological polar surface area (TPSA) is 95.9 Å². The van der Waals surface area contributed by atoms with E-state index < -0.39 is 12.1 Å². The molecule has 83 heavy (non-hydrogen) atoms. The van der Waals surface area contributed by atoms with Gasteiger partial charge in [-0.15, -0.1) is 0 Å². The van der Waals surface area contributed by atoms with Crippen LogP contribution in [0.15, 0.2) is 0 Å². The molecule has 1 amide bonds. The minimum atomic E-state index is -0.664. The maximum absolute atomic E-state index is 12.6. The minimum absolute atomic E-state index is 0.0213. The van der Waals surface area contributed by atoms with Crippen LogP contribution in [-0.2, 0) is 14.3 Å². The Kier molecular flexibility index (Phi) is 72.3. The lowest BCUT2D eigenvalue weighted by molar-refractivity contribution is -0.143. The molecule has 0 saturated carbocycles. The van der Waals surface area contributed by atoms with Gasteiger partial charge in [-0.25, -0.2) is 0 Å². The molecule has 0 spiro atoms. The molecule has 0 aliphatic heterocycles. The van der Waals surface area contributed by atoms with Crippen molar-refractivity contribution in [3.05, 3.63) is 0 Å². The van der Waals surface area contributed by atoms with Crippen LogP contribution < -0.4 is 5.32 Å². The molecule has 6 heteroatoms. The third-order valence-electron chi connectivity index (χ3n) is 18.7. The van der Waals surface area contributed by atoms with E-state index in [9.17, 15) is 19.8 Å². The lowest BCUT2D eigenvalue weighted by atomic mass is 10.0. The van der Waals surface area contributed by atoms with Crippen molar-refractivity contribution in [1.82, 2.24) is 5.32 Å². The second-order valence-corrected chi connectivity index (χ2v) is 27.1. The number of carbonyl (C=O) groups is 2. The van der Waals surface area contributed by atoms with Gasteiger partial charge in [0.2, 0.25) is 5.91 Å². The molecule has 2 atom stereocenters. The maximum atomic E-state index is 12.6. The van der Waals surface area contributed by atoms with Crippen LogP contribution >= 0.6 is 0 Å². The van der Waals surface area contributed by atoms with E-state index in [4.69, 9.17) is 4.74 Å². The highest BCUT2D eigenvalue weighted by molar-refractivity contribution is 5.76. The average molecular weight is 1170 g/mol. The van der Waals surface area contributed by atoms with Crippen LogP contribution in [0.25, 0.3) is 0 Å². The molecule has 0 bridgehead atoms. The number of aliphatic hydroxyl groups excluding tert-OH is 2. The zero-order chi connectivity index (χ0) is 59.9. The van der Waals surface area contributed by atoms with Gasteiger partial charge in [-0.05, 0) is 25.7 Å². The summed E-state index contributed by atoms with van der Waals surface area (Å²) >= 11 is 0. The summed E-state index contributed by atoms with van der Waals surface area (Å²) in [5, 5.41) is 23.5. The second-order valence-electron chi connectivity index (χ2n) is 27.1. The molecule has 3 N–H and O–H groups in total. The lowest BCUT2D eigenvalue weighted by Gasteiger charge is -2.22. The first-order valence-electron chi connectivity index (χ1n) is 38.8. The number of ether oxygens (including phenoxy) is 1.